The van der Waals surface area contributed by atoms with Crippen molar-refractivity contribution in [3.05, 3.63) is 29.3 Å². The normalized spacial score (nSPS) is 17.8. The summed E-state index contributed by atoms with van der Waals surface area (Å²) < 4.78 is 0. The third-order valence-corrected chi connectivity index (χ3v) is 3.34. The summed E-state index contributed by atoms with van der Waals surface area (Å²) in [7, 11) is 0. The minimum Gasteiger partial charge on any atom is -0.372 e. The zero-order valence-corrected chi connectivity index (χ0v) is 10.4. The largest absolute Gasteiger partial charge is 0.372 e. The highest BCUT2D eigenvalue weighted by molar-refractivity contribution is 5.51. The minimum absolute atomic E-state index is 0.247. The molecule has 0 saturated carbocycles. The van der Waals surface area contributed by atoms with Crippen LogP contribution in [0, 0.1) is 6.92 Å². The Hall–Kier alpha value is -1.02. The van der Waals surface area contributed by atoms with E-state index < -0.39 is 0 Å². The van der Waals surface area contributed by atoms with E-state index in [1.54, 1.807) is 0 Å². The van der Waals surface area contributed by atoms with E-state index in [1.165, 1.54) is 42.7 Å². The monoisotopic (exact) mass is 218 g/mol. The van der Waals surface area contributed by atoms with Crippen LogP contribution < -0.4 is 10.6 Å². The van der Waals surface area contributed by atoms with Gasteiger partial charge in [0.1, 0.15) is 0 Å². The molecule has 2 rings (SSSR count). The maximum absolute atomic E-state index is 5.84. The van der Waals surface area contributed by atoms with E-state index in [-0.39, 0.29) is 6.04 Å². The predicted octanol–water partition coefficient (Wildman–Crippen LogP) is 2.48. The van der Waals surface area contributed by atoms with Gasteiger partial charge in [0, 0.05) is 24.8 Å². The van der Waals surface area contributed by atoms with Crippen LogP contribution >= 0.6 is 0 Å². The van der Waals surface area contributed by atoms with Crippen LogP contribution in [0.15, 0.2) is 18.2 Å². The molecule has 1 fully saturated rings. The first-order valence-electron chi connectivity index (χ1n) is 6.27. The number of nitrogens with two attached hydrogens (primary N) is 1. The van der Waals surface area contributed by atoms with Crippen LogP contribution in [-0.2, 0) is 6.42 Å². The fourth-order valence-electron chi connectivity index (χ4n) is 2.43. The van der Waals surface area contributed by atoms with Crippen molar-refractivity contribution in [3.63, 3.8) is 0 Å². The SMILES string of the molecule is Cc1cc(N2CCCC2)ccc1CC(C)N. The molecule has 0 bridgehead atoms. The molecular weight excluding hydrogens is 196 g/mol. The lowest BCUT2D eigenvalue weighted by atomic mass is 10.0. The number of anilines is 1. The molecule has 0 radical (unpaired) electrons. The Morgan fingerprint density at radius 2 is 2.00 bits per heavy atom. The van der Waals surface area contributed by atoms with Gasteiger partial charge in [0.2, 0.25) is 0 Å². The van der Waals surface area contributed by atoms with Gasteiger partial charge in [-0.25, -0.2) is 0 Å². The summed E-state index contributed by atoms with van der Waals surface area (Å²) in [5.74, 6) is 0. The molecule has 0 spiro atoms. The van der Waals surface area contributed by atoms with Gasteiger partial charge in [-0.05, 0) is 56.4 Å². The lowest BCUT2D eigenvalue weighted by Crippen LogP contribution is -2.20. The van der Waals surface area contributed by atoms with Crippen molar-refractivity contribution < 1.29 is 0 Å². The van der Waals surface area contributed by atoms with Crippen LogP contribution in [0.3, 0.4) is 0 Å². The standard InChI is InChI=1S/C14H22N2/c1-11-9-14(16-7-3-4-8-16)6-5-13(11)10-12(2)15/h5-6,9,12H,3-4,7-8,10,15H2,1-2H3. The lowest BCUT2D eigenvalue weighted by Gasteiger charge is -2.19. The average molecular weight is 218 g/mol. The van der Waals surface area contributed by atoms with E-state index in [0.29, 0.717) is 0 Å². The first kappa shape index (κ1) is 11.5. The highest BCUT2D eigenvalue weighted by atomic mass is 15.1. The minimum atomic E-state index is 0.247. The zero-order chi connectivity index (χ0) is 11.5. The maximum Gasteiger partial charge on any atom is 0.0369 e. The Balaban J connectivity index is 2.15. The van der Waals surface area contributed by atoms with Gasteiger partial charge in [-0.1, -0.05) is 6.07 Å². The van der Waals surface area contributed by atoms with E-state index in [2.05, 4.69) is 36.9 Å². The molecule has 1 heterocycles. The molecule has 1 unspecified atom stereocenters. The van der Waals surface area contributed by atoms with Crippen LogP contribution in [0.1, 0.15) is 30.9 Å². The van der Waals surface area contributed by atoms with Gasteiger partial charge in [0.15, 0.2) is 0 Å². The fraction of sp³-hybridized carbons (Fsp3) is 0.571. The Kier molecular flexibility index (Phi) is 3.49. The van der Waals surface area contributed by atoms with E-state index >= 15 is 0 Å². The Bertz CT molecular complexity index is 352. The molecule has 2 nitrogen and oxygen atoms in total. The second-order valence-corrected chi connectivity index (χ2v) is 4.99. The molecule has 1 aromatic rings. The van der Waals surface area contributed by atoms with Gasteiger partial charge in [0.05, 0.1) is 0 Å². The van der Waals surface area contributed by atoms with Crippen LogP contribution in [0.5, 0.6) is 0 Å². The topological polar surface area (TPSA) is 29.3 Å². The second kappa shape index (κ2) is 4.88. The highest BCUT2D eigenvalue weighted by Crippen LogP contribution is 2.23. The third-order valence-electron chi connectivity index (χ3n) is 3.34. The molecule has 2 heteroatoms. The molecule has 1 saturated heterocycles. The van der Waals surface area contributed by atoms with E-state index in [4.69, 9.17) is 5.73 Å². The number of aryl methyl sites for hydroxylation is 1. The summed E-state index contributed by atoms with van der Waals surface area (Å²) in [5, 5.41) is 0. The quantitative estimate of drug-likeness (QED) is 0.844. The summed E-state index contributed by atoms with van der Waals surface area (Å²) in [6.07, 6.45) is 3.65. The first-order chi connectivity index (χ1) is 7.66. The van der Waals surface area contributed by atoms with Crippen molar-refractivity contribution in [1.82, 2.24) is 0 Å². The number of rotatable bonds is 3. The van der Waals surface area contributed by atoms with Crippen molar-refractivity contribution in [2.24, 2.45) is 5.73 Å². The van der Waals surface area contributed by atoms with Crippen molar-refractivity contribution in [2.45, 2.75) is 39.2 Å². The van der Waals surface area contributed by atoms with Gasteiger partial charge in [-0.15, -0.1) is 0 Å². The summed E-state index contributed by atoms with van der Waals surface area (Å²) >= 11 is 0. The molecule has 0 aliphatic carbocycles. The molecule has 0 amide bonds. The predicted molar refractivity (Wildman–Crippen MR) is 70.0 cm³/mol. The van der Waals surface area contributed by atoms with Crippen LogP contribution in [0.2, 0.25) is 0 Å². The van der Waals surface area contributed by atoms with Gasteiger partial charge < -0.3 is 10.6 Å². The van der Waals surface area contributed by atoms with Crippen LogP contribution in [0.4, 0.5) is 5.69 Å². The van der Waals surface area contributed by atoms with Crippen molar-refractivity contribution in [3.8, 4) is 0 Å². The molecule has 0 aromatic heterocycles. The molecule has 88 valence electrons. The smallest absolute Gasteiger partial charge is 0.0369 e. The number of benzene rings is 1. The fourth-order valence-corrected chi connectivity index (χ4v) is 2.43. The molecule has 1 aliphatic rings. The Morgan fingerprint density at radius 3 is 2.56 bits per heavy atom. The molecule has 1 atom stereocenters. The summed E-state index contributed by atoms with van der Waals surface area (Å²) in [5.41, 5.74) is 9.98. The summed E-state index contributed by atoms with van der Waals surface area (Å²) in [6, 6.07) is 7.04. The molecule has 1 aliphatic heterocycles. The molecule has 1 aromatic carbocycles. The number of nitrogens with zero attached hydrogens (tertiary/aromatic N) is 1. The second-order valence-electron chi connectivity index (χ2n) is 4.99. The maximum atomic E-state index is 5.84. The van der Waals surface area contributed by atoms with Crippen molar-refractivity contribution >= 4 is 5.69 Å². The summed E-state index contributed by atoms with van der Waals surface area (Å²) in [6.45, 7) is 6.68. The molecule has 2 N–H and O–H groups in total. The van der Waals surface area contributed by atoms with E-state index in [0.717, 1.165) is 6.42 Å². The average Bonchev–Trinajstić information content (AvgIpc) is 2.73. The van der Waals surface area contributed by atoms with Gasteiger partial charge in [0.25, 0.3) is 0 Å². The van der Waals surface area contributed by atoms with Gasteiger partial charge in [-0.3, -0.25) is 0 Å². The van der Waals surface area contributed by atoms with Crippen LogP contribution in [0.25, 0.3) is 0 Å². The molecule has 16 heavy (non-hydrogen) atoms. The van der Waals surface area contributed by atoms with Crippen molar-refractivity contribution in [1.29, 1.82) is 0 Å². The van der Waals surface area contributed by atoms with Gasteiger partial charge in [-0.2, -0.15) is 0 Å². The van der Waals surface area contributed by atoms with E-state index in [1.807, 2.05) is 0 Å². The van der Waals surface area contributed by atoms with E-state index in [9.17, 15) is 0 Å². The molecular formula is C14H22N2. The highest BCUT2D eigenvalue weighted by Gasteiger charge is 2.13. The number of hydrogen-bond donors (Lipinski definition) is 1. The van der Waals surface area contributed by atoms with Crippen LogP contribution in [-0.4, -0.2) is 19.1 Å². The number of hydrogen-bond acceptors (Lipinski definition) is 2. The summed E-state index contributed by atoms with van der Waals surface area (Å²) in [4.78, 5) is 2.47. The van der Waals surface area contributed by atoms with Crippen molar-refractivity contribution in [2.75, 3.05) is 18.0 Å². The zero-order valence-electron chi connectivity index (χ0n) is 10.4. The lowest BCUT2D eigenvalue weighted by molar-refractivity contribution is 0.734. The third kappa shape index (κ3) is 2.56. The Labute approximate surface area is 98.4 Å². The Morgan fingerprint density at radius 1 is 1.31 bits per heavy atom. The first-order valence-corrected chi connectivity index (χ1v) is 6.27. The van der Waals surface area contributed by atoms with Gasteiger partial charge >= 0.3 is 0 Å².